The molecule has 0 bridgehead atoms. The first-order valence-corrected chi connectivity index (χ1v) is 7.28. The van der Waals surface area contributed by atoms with Gasteiger partial charge in [0.2, 0.25) is 5.91 Å². The first-order chi connectivity index (χ1) is 11.0. The van der Waals surface area contributed by atoms with Crippen LogP contribution in [-0.2, 0) is 11.3 Å². The summed E-state index contributed by atoms with van der Waals surface area (Å²) in [6.45, 7) is 1.14. The largest absolute Gasteiger partial charge is 0.496 e. The fraction of sp³-hybridized carbons (Fsp3) is 0.375. The third-order valence-corrected chi connectivity index (χ3v) is 4.09. The molecule has 1 amide bonds. The van der Waals surface area contributed by atoms with Gasteiger partial charge in [-0.2, -0.15) is 0 Å². The fourth-order valence-corrected chi connectivity index (χ4v) is 2.95. The molecule has 1 atom stereocenters. The second-order valence-electron chi connectivity index (χ2n) is 5.69. The van der Waals surface area contributed by atoms with E-state index in [-0.39, 0.29) is 23.1 Å². The Kier molecular flexibility index (Phi) is 4.02. The molecule has 23 heavy (non-hydrogen) atoms. The number of methoxy groups -OCH3 is 1. The van der Waals surface area contributed by atoms with Crippen LogP contribution in [0.5, 0.6) is 5.75 Å². The third kappa shape index (κ3) is 2.78. The lowest BCUT2D eigenvalue weighted by atomic mass is 10.1. The molecule has 0 N–H and O–H groups in total. The second-order valence-corrected chi connectivity index (χ2v) is 5.69. The number of amides is 1. The molecule has 1 fully saturated rings. The van der Waals surface area contributed by atoms with Crippen LogP contribution in [0.15, 0.2) is 24.5 Å². The number of halogens is 2. The summed E-state index contributed by atoms with van der Waals surface area (Å²) in [4.78, 5) is 17.5. The van der Waals surface area contributed by atoms with E-state index >= 15 is 0 Å². The molecule has 1 saturated heterocycles. The number of nitrogens with zero attached hydrogens (tertiary/aromatic N) is 3. The number of benzene rings is 1. The minimum atomic E-state index is -0.989. The number of carbonyl (C=O) groups is 1. The first kappa shape index (κ1) is 15.5. The Labute approximate surface area is 132 Å². The van der Waals surface area contributed by atoms with Gasteiger partial charge in [-0.15, -0.1) is 0 Å². The predicted molar refractivity (Wildman–Crippen MR) is 79.9 cm³/mol. The zero-order chi connectivity index (χ0) is 16.6. The Morgan fingerprint density at radius 3 is 2.83 bits per heavy atom. The average Bonchev–Trinajstić information content (AvgIpc) is 3.09. The smallest absolute Gasteiger partial charge is 0.222 e. The van der Waals surface area contributed by atoms with Crippen molar-refractivity contribution in [1.82, 2.24) is 14.5 Å². The highest BCUT2D eigenvalue weighted by molar-refractivity contribution is 5.78. The third-order valence-electron chi connectivity index (χ3n) is 4.09. The number of carbonyl (C=O) groups excluding carboxylic acids is 1. The molecular weight excluding hydrogens is 304 g/mol. The van der Waals surface area contributed by atoms with Gasteiger partial charge < -0.3 is 14.2 Å². The monoisotopic (exact) mass is 321 g/mol. The zero-order valence-corrected chi connectivity index (χ0v) is 12.9. The molecule has 0 radical (unpaired) electrons. The lowest BCUT2D eigenvalue weighted by molar-refractivity contribution is -0.126. The van der Waals surface area contributed by atoms with Gasteiger partial charge in [-0.3, -0.25) is 4.79 Å². The number of hydrogen-bond acceptors (Lipinski definition) is 3. The van der Waals surface area contributed by atoms with Crippen molar-refractivity contribution in [3.8, 4) is 17.1 Å². The molecule has 2 heterocycles. The van der Waals surface area contributed by atoms with E-state index in [1.807, 2.05) is 0 Å². The predicted octanol–water partition coefficient (Wildman–Crippen LogP) is 2.32. The summed E-state index contributed by atoms with van der Waals surface area (Å²) in [7, 11) is 3.15. The van der Waals surface area contributed by atoms with E-state index in [1.165, 1.54) is 19.4 Å². The van der Waals surface area contributed by atoms with Crippen molar-refractivity contribution in [2.24, 2.45) is 5.92 Å². The number of likely N-dealkylation sites (tertiary alicyclic amines) is 1. The average molecular weight is 321 g/mol. The molecule has 1 aliphatic rings. The van der Waals surface area contributed by atoms with Gasteiger partial charge in [0.1, 0.15) is 11.6 Å². The molecule has 1 aromatic heterocycles. The van der Waals surface area contributed by atoms with E-state index < -0.39 is 11.6 Å². The van der Waals surface area contributed by atoms with E-state index in [2.05, 4.69) is 4.98 Å². The van der Waals surface area contributed by atoms with Gasteiger partial charge in [-0.05, 0) is 12.1 Å². The van der Waals surface area contributed by atoms with Crippen LogP contribution in [0.2, 0.25) is 0 Å². The number of aromatic nitrogens is 2. The summed E-state index contributed by atoms with van der Waals surface area (Å²) in [5.74, 6) is -1.23. The van der Waals surface area contributed by atoms with Gasteiger partial charge in [0.05, 0.1) is 12.7 Å². The number of hydrogen-bond donors (Lipinski definition) is 0. The molecule has 7 heteroatoms. The maximum atomic E-state index is 14.3. The van der Waals surface area contributed by atoms with E-state index in [9.17, 15) is 13.6 Å². The van der Waals surface area contributed by atoms with Crippen LogP contribution in [0.25, 0.3) is 11.4 Å². The van der Waals surface area contributed by atoms with Crippen molar-refractivity contribution < 1.29 is 18.3 Å². The van der Waals surface area contributed by atoms with Crippen molar-refractivity contribution in [2.75, 3.05) is 20.7 Å². The van der Waals surface area contributed by atoms with Crippen LogP contribution >= 0.6 is 0 Å². The molecule has 3 rings (SSSR count). The summed E-state index contributed by atoms with van der Waals surface area (Å²) in [5.41, 5.74) is -0.00446. The molecule has 122 valence electrons. The summed E-state index contributed by atoms with van der Waals surface area (Å²) in [6.07, 6.45) is 3.67. The zero-order valence-electron chi connectivity index (χ0n) is 12.9. The minimum Gasteiger partial charge on any atom is -0.496 e. The molecule has 1 aliphatic heterocycles. The van der Waals surface area contributed by atoms with Crippen LogP contribution in [0.1, 0.15) is 6.42 Å². The van der Waals surface area contributed by atoms with Crippen molar-refractivity contribution in [3.05, 3.63) is 36.2 Å². The normalized spacial score (nSPS) is 17.8. The Morgan fingerprint density at radius 1 is 1.39 bits per heavy atom. The van der Waals surface area contributed by atoms with Gasteiger partial charge in [-0.1, -0.05) is 0 Å². The summed E-state index contributed by atoms with van der Waals surface area (Å²) in [5, 5.41) is 0. The lowest BCUT2D eigenvalue weighted by Crippen LogP contribution is -2.20. The van der Waals surface area contributed by atoms with E-state index in [0.717, 1.165) is 6.07 Å². The van der Waals surface area contributed by atoms with Gasteiger partial charge in [0.15, 0.2) is 11.6 Å². The van der Waals surface area contributed by atoms with Crippen molar-refractivity contribution >= 4 is 5.91 Å². The summed E-state index contributed by atoms with van der Waals surface area (Å²) in [6, 6.07) is 2.40. The van der Waals surface area contributed by atoms with Crippen molar-refractivity contribution in [1.29, 1.82) is 0 Å². The Balaban J connectivity index is 1.96. The first-order valence-electron chi connectivity index (χ1n) is 7.28. The van der Waals surface area contributed by atoms with Gasteiger partial charge in [0.25, 0.3) is 0 Å². The van der Waals surface area contributed by atoms with Gasteiger partial charge in [-0.25, -0.2) is 13.8 Å². The maximum absolute atomic E-state index is 14.3. The highest BCUT2D eigenvalue weighted by Crippen LogP contribution is 2.33. The number of imidazole rings is 1. The number of rotatable bonds is 4. The number of ether oxygens (including phenoxy) is 1. The summed E-state index contributed by atoms with van der Waals surface area (Å²) < 4.78 is 34.7. The molecule has 1 aromatic carbocycles. The highest BCUT2D eigenvalue weighted by atomic mass is 19.2. The van der Waals surface area contributed by atoms with Crippen LogP contribution in [0.4, 0.5) is 8.78 Å². The highest BCUT2D eigenvalue weighted by Gasteiger charge is 2.28. The molecule has 5 nitrogen and oxygen atoms in total. The maximum Gasteiger partial charge on any atom is 0.222 e. The van der Waals surface area contributed by atoms with Crippen molar-refractivity contribution in [3.63, 3.8) is 0 Å². The molecule has 0 aliphatic carbocycles. The Hall–Kier alpha value is -2.44. The van der Waals surface area contributed by atoms with Crippen LogP contribution in [0.3, 0.4) is 0 Å². The quantitative estimate of drug-likeness (QED) is 0.868. The molecule has 1 unspecified atom stereocenters. The minimum absolute atomic E-state index is 0.00446. The molecule has 0 saturated carbocycles. The Morgan fingerprint density at radius 2 is 2.17 bits per heavy atom. The molecular formula is C16H17F2N3O2. The Bertz CT molecular complexity index is 745. The molecule has 2 aromatic rings. The second kappa shape index (κ2) is 5.98. The van der Waals surface area contributed by atoms with E-state index in [1.54, 1.807) is 22.7 Å². The van der Waals surface area contributed by atoms with Crippen LogP contribution in [0, 0.1) is 17.6 Å². The van der Waals surface area contributed by atoms with Crippen molar-refractivity contribution in [2.45, 2.75) is 13.0 Å². The van der Waals surface area contributed by atoms with Gasteiger partial charge in [0, 0.05) is 44.9 Å². The lowest BCUT2D eigenvalue weighted by Gasteiger charge is -2.15. The van der Waals surface area contributed by atoms with Crippen LogP contribution < -0.4 is 4.74 Å². The topological polar surface area (TPSA) is 47.4 Å². The van der Waals surface area contributed by atoms with Gasteiger partial charge >= 0.3 is 0 Å². The fourth-order valence-electron chi connectivity index (χ4n) is 2.95. The van der Waals surface area contributed by atoms with Crippen LogP contribution in [-0.4, -0.2) is 41.1 Å². The van der Waals surface area contributed by atoms with E-state index in [4.69, 9.17) is 4.74 Å². The SMILES string of the molecule is COc1ccc(F)c(F)c1-c1nccn1CC1CC(=O)N(C)C1. The molecule has 0 spiro atoms. The summed E-state index contributed by atoms with van der Waals surface area (Å²) >= 11 is 0. The standard InChI is InChI=1S/C16H17F2N3O2/c1-20-8-10(7-13(20)22)9-21-6-5-19-16(21)14-12(23-2)4-3-11(17)15(14)18/h3-6,10H,7-9H2,1-2H3. The van der Waals surface area contributed by atoms with E-state index in [0.29, 0.717) is 25.3 Å².